The minimum atomic E-state index is 0.456. The molecule has 4 nitrogen and oxygen atoms in total. The molecule has 6 rings (SSSR count). The summed E-state index contributed by atoms with van der Waals surface area (Å²) in [4.78, 5) is 2.52. The lowest BCUT2D eigenvalue weighted by atomic mass is 9.44. The van der Waals surface area contributed by atoms with E-state index in [-0.39, 0.29) is 0 Å². The second-order valence-corrected chi connectivity index (χ2v) is 13.3. The fourth-order valence-corrected chi connectivity index (χ4v) is 9.97. The molecule has 0 spiro atoms. The highest BCUT2D eigenvalue weighted by Crippen LogP contribution is 2.69. The van der Waals surface area contributed by atoms with Gasteiger partial charge in [-0.3, -0.25) is 0 Å². The number of nitrogens with zero attached hydrogens (tertiary/aromatic N) is 1. The number of ether oxygens (including phenoxy) is 2. The maximum Gasteiger partial charge on any atom is 0.0937 e. The van der Waals surface area contributed by atoms with Crippen molar-refractivity contribution >= 4 is 0 Å². The highest BCUT2D eigenvalue weighted by Gasteiger charge is 2.60. The van der Waals surface area contributed by atoms with Gasteiger partial charge in [0, 0.05) is 6.54 Å². The molecule has 5 fully saturated rings. The van der Waals surface area contributed by atoms with Gasteiger partial charge >= 0.3 is 0 Å². The molecule has 0 N–H and O–H groups in total. The molecule has 1 aliphatic heterocycles. The molecule has 196 valence electrons. The Labute approximate surface area is 213 Å². The van der Waals surface area contributed by atoms with Gasteiger partial charge in [-0.05, 0) is 136 Å². The van der Waals surface area contributed by atoms with Gasteiger partial charge in [-0.1, -0.05) is 13.8 Å². The molecule has 4 saturated carbocycles. The Morgan fingerprint density at radius 3 is 2.57 bits per heavy atom. The van der Waals surface area contributed by atoms with Crippen molar-refractivity contribution in [2.24, 2.45) is 34.5 Å². The third kappa shape index (κ3) is 4.55. The third-order valence-corrected chi connectivity index (χ3v) is 11.9. The lowest BCUT2D eigenvalue weighted by Gasteiger charge is -2.61. The van der Waals surface area contributed by atoms with Gasteiger partial charge in [-0.15, -0.1) is 0 Å². The number of fused-ring (bicyclic) bond motifs is 5. The molecule has 2 heterocycles. The zero-order valence-corrected chi connectivity index (χ0v) is 22.4. The van der Waals surface area contributed by atoms with Gasteiger partial charge in [0.25, 0.3) is 0 Å². The summed E-state index contributed by atoms with van der Waals surface area (Å²) in [5.41, 5.74) is 2.47. The van der Waals surface area contributed by atoms with Crippen LogP contribution in [0.2, 0.25) is 0 Å². The minimum Gasteiger partial charge on any atom is -0.472 e. The zero-order chi connectivity index (χ0) is 23.9. The Kier molecular flexibility index (Phi) is 7.10. The van der Waals surface area contributed by atoms with Crippen LogP contribution in [-0.4, -0.2) is 50.5 Å². The Bertz CT molecular complexity index is 819. The molecule has 1 aromatic rings. The second-order valence-electron chi connectivity index (χ2n) is 13.3. The van der Waals surface area contributed by atoms with Crippen molar-refractivity contribution in [1.29, 1.82) is 0 Å². The summed E-state index contributed by atoms with van der Waals surface area (Å²) in [7, 11) is 0. The lowest BCUT2D eigenvalue weighted by molar-refractivity contribution is -0.133. The van der Waals surface area contributed by atoms with E-state index in [1.54, 1.807) is 0 Å². The number of likely N-dealkylation sites (tertiary alicyclic amines) is 1. The molecular weight excluding hydrogens is 434 g/mol. The molecule has 0 aromatic carbocycles. The van der Waals surface area contributed by atoms with Crippen molar-refractivity contribution in [3.63, 3.8) is 0 Å². The van der Waals surface area contributed by atoms with E-state index in [0.717, 1.165) is 50.0 Å². The van der Waals surface area contributed by atoms with Crippen molar-refractivity contribution in [2.45, 2.75) is 96.5 Å². The first-order valence-corrected chi connectivity index (χ1v) is 15.0. The number of rotatable bonds is 8. The molecule has 4 aliphatic carbocycles. The molecule has 8 atom stereocenters. The monoisotopic (exact) mass is 483 g/mol. The van der Waals surface area contributed by atoms with Gasteiger partial charge in [-0.2, -0.15) is 0 Å². The summed E-state index contributed by atoms with van der Waals surface area (Å²) in [5, 5.41) is 0. The van der Waals surface area contributed by atoms with Gasteiger partial charge in [-0.25, -0.2) is 0 Å². The molecule has 1 aromatic heterocycles. The van der Waals surface area contributed by atoms with E-state index in [0.29, 0.717) is 22.9 Å². The van der Waals surface area contributed by atoms with Crippen molar-refractivity contribution < 1.29 is 13.9 Å². The van der Waals surface area contributed by atoms with Crippen LogP contribution in [0.4, 0.5) is 0 Å². The van der Waals surface area contributed by atoms with E-state index in [1.807, 2.05) is 12.5 Å². The average Bonchev–Trinajstić information content (AvgIpc) is 3.62. The molecule has 5 aliphatic rings. The molecule has 0 amide bonds. The van der Waals surface area contributed by atoms with Crippen LogP contribution in [0.1, 0.15) is 96.0 Å². The first kappa shape index (κ1) is 24.5. The quantitative estimate of drug-likeness (QED) is 0.377. The summed E-state index contributed by atoms with van der Waals surface area (Å²) in [6.45, 7) is 11.3. The van der Waals surface area contributed by atoms with Crippen LogP contribution in [0.25, 0.3) is 0 Å². The van der Waals surface area contributed by atoms with Crippen LogP contribution in [0.3, 0.4) is 0 Å². The number of hydrogen-bond donors (Lipinski definition) is 0. The summed E-state index contributed by atoms with van der Waals surface area (Å²) in [6, 6.07) is 2.24. The lowest BCUT2D eigenvalue weighted by Crippen LogP contribution is -2.53. The van der Waals surface area contributed by atoms with Crippen LogP contribution in [0.15, 0.2) is 23.0 Å². The SMILES string of the molecule is C[C@]12CCC(OCCOCCN3CCCC3)C[C@@H]1CC[C@@H]1[C@@H]2CC[C@]2(C)[C@@H](c3ccoc3)CC[C@@H]12. The Morgan fingerprint density at radius 2 is 1.74 bits per heavy atom. The zero-order valence-electron chi connectivity index (χ0n) is 22.4. The Balaban J connectivity index is 1.00. The predicted octanol–water partition coefficient (Wildman–Crippen LogP) is 6.90. The van der Waals surface area contributed by atoms with E-state index < -0.39 is 0 Å². The van der Waals surface area contributed by atoms with Gasteiger partial charge < -0.3 is 18.8 Å². The van der Waals surface area contributed by atoms with Crippen LogP contribution in [-0.2, 0) is 9.47 Å². The Hall–Kier alpha value is -0.840. The normalized spacial score (nSPS) is 43.6. The third-order valence-electron chi connectivity index (χ3n) is 11.9. The van der Waals surface area contributed by atoms with Gasteiger partial charge in [0.05, 0.1) is 38.5 Å². The molecule has 35 heavy (non-hydrogen) atoms. The Morgan fingerprint density at radius 1 is 0.914 bits per heavy atom. The van der Waals surface area contributed by atoms with E-state index in [2.05, 4.69) is 24.8 Å². The summed E-state index contributed by atoms with van der Waals surface area (Å²) < 4.78 is 17.8. The van der Waals surface area contributed by atoms with E-state index in [4.69, 9.17) is 13.9 Å². The van der Waals surface area contributed by atoms with Crippen LogP contribution in [0, 0.1) is 34.5 Å². The fourth-order valence-electron chi connectivity index (χ4n) is 9.97. The summed E-state index contributed by atoms with van der Waals surface area (Å²) in [5.74, 6) is 4.34. The maximum atomic E-state index is 6.38. The molecule has 4 heteroatoms. The van der Waals surface area contributed by atoms with E-state index >= 15 is 0 Å². The van der Waals surface area contributed by atoms with Crippen molar-refractivity contribution in [1.82, 2.24) is 4.90 Å². The highest BCUT2D eigenvalue weighted by molar-refractivity contribution is 5.22. The summed E-state index contributed by atoms with van der Waals surface area (Å²) in [6.07, 6.45) is 19.5. The predicted molar refractivity (Wildman–Crippen MR) is 139 cm³/mol. The van der Waals surface area contributed by atoms with Crippen molar-refractivity contribution in [3.8, 4) is 0 Å². The number of furan rings is 1. The standard InChI is InChI=1S/C31H49NO3/c1-30-12-9-25(35-20-19-33-18-16-32-14-3-4-15-32)21-24(30)5-6-26-28-8-7-27(23-11-17-34-22-23)31(28,2)13-10-29(26)30/h11,17,22,24-29H,3-10,12-16,18-21H2,1-2H3/t24-,25?,26-,27+,28-,29-,30-,31+/m0/s1. The van der Waals surface area contributed by atoms with Crippen LogP contribution in [0.5, 0.6) is 0 Å². The maximum absolute atomic E-state index is 6.38. The number of hydrogen-bond acceptors (Lipinski definition) is 4. The fraction of sp³-hybridized carbons (Fsp3) is 0.871. The van der Waals surface area contributed by atoms with Gasteiger partial charge in [0.15, 0.2) is 0 Å². The van der Waals surface area contributed by atoms with Crippen LogP contribution >= 0.6 is 0 Å². The second kappa shape index (κ2) is 10.1. The topological polar surface area (TPSA) is 34.8 Å². The average molecular weight is 484 g/mol. The highest BCUT2D eigenvalue weighted by atomic mass is 16.5. The smallest absolute Gasteiger partial charge is 0.0937 e. The molecule has 1 saturated heterocycles. The van der Waals surface area contributed by atoms with Crippen molar-refractivity contribution in [3.05, 3.63) is 24.2 Å². The molecule has 1 unspecified atom stereocenters. The van der Waals surface area contributed by atoms with Gasteiger partial charge in [0.2, 0.25) is 0 Å². The molecule has 0 radical (unpaired) electrons. The molecule has 0 bridgehead atoms. The van der Waals surface area contributed by atoms with E-state index in [9.17, 15) is 0 Å². The first-order valence-electron chi connectivity index (χ1n) is 15.0. The largest absolute Gasteiger partial charge is 0.472 e. The molecular formula is C31H49NO3. The minimum absolute atomic E-state index is 0.456. The van der Waals surface area contributed by atoms with Crippen molar-refractivity contribution in [2.75, 3.05) is 39.5 Å². The first-order chi connectivity index (χ1) is 17.1. The van der Waals surface area contributed by atoms with E-state index in [1.165, 1.54) is 89.3 Å². The summed E-state index contributed by atoms with van der Waals surface area (Å²) >= 11 is 0. The van der Waals surface area contributed by atoms with Crippen LogP contribution < -0.4 is 0 Å². The van der Waals surface area contributed by atoms with Gasteiger partial charge in [0.1, 0.15) is 0 Å².